The van der Waals surface area contributed by atoms with Gasteiger partial charge in [-0.2, -0.15) is 0 Å². The van der Waals surface area contributed by atoms with Crippen molar-refractivity contribution in [2.24, 2.45) is 0 Å². The second kappa shape index (κ2) is 54.5. The Bertz CT molecular complexity index is 860. The van der Waals surface area contributed by atoms with Crippen LogP contribution in [0.15, 0.2) is 12.2 Å². The Kier molecular flexibility index (Phi) is 53.7. The van der Waals surface area contributed by atoms with Gasteiger partial charge in [0.25, 0.3) is 0 Å². The second-order valence-corrected chi connectivity index (χ2v) is 20.1. The van der Waals surface area contributed by atoms with Crippen LogP contribution in [0.5, 0.6) is 0 Å². The minimum Gasteiger partial charge on any atom is -0.394 e. The molecule has 62 heavy (non-hydrogen) atoms. The first-order valence-electron chi connectivity index (χ1n) is 28.9. The van der Waals surface area contributed by atoms with Gasteiger partial charge in [0.2, 0.25) is 5.91 Å². The number of hydrogen-bond donors (Lipinski definition) is 3. The number of nitrogens with one attached hydrogen (secondary N) is 1. The summed E-state index contributed by atoms with van der Waals surface area (Å²) in [5, 5.41) is 23.4. The lowest BCUT2D eigenvalue weighted by atomic mass is 10.0. The highest BCUT2D eigenvalue weighted by Crippen LogP contribution is 2.18. The van der Waals surface area contributed by atoms with Crippen LogP contribution in [0.25, 0.3) is 0 Å². The molecule has 0 aromatic rings. The molecule has 0 fully saturated rings. The van der Waals surface area contributed by atoms with Gasteiger partial charge in [-0.25, -0.2) is 0 Å². The lowest BCUT2D eigenvalue weighted by Crippen LogP contribution is -2.45. The van der Waals surface area contributed by atoms with Crippen molar-refractivity contribution in [2.45, 2.75) is 347 Å². The van der Waals surface area contributed by atoms with E-state index in [1.54, 1.807) is 0 Å². The molecule has 0 aliphatic carbocycles. The molecule has 3 N–H and O–H groups in total. The van der Waals surface area contributed by atoms with Crippen LogP contribution in [0.3, 0.4) is 0 Å². The first kappa shape index (κ1) is 61.1. The van der Waals surface area contributed by atoms with Crippen molar-refractivity contribution in [1.82, 2.24) is 5.32 Å². The summed E-state index contributed by atoms with van der Waals surface area (Å²) in [6, 6.07) is -0.534. The molecule has 0 aliphatic rings. The van der Waals surface area contributed by atoms with E-state index in [4.69, 9.17) is 0 Å². The Morgan fingerprint density at radius 1 is 0.371 bits per heavy atom. The number of rotatable bonds is 54. The van der Waals surface area contributed by atoms with Crippen molar-refractivity contribution in [3.63, 3.8) is 0 Å². The predicted octanol–water partition coefficient (Wildman–Crippen LogP) is 18.9. The number of aliphatic hydroxyl groups excluding tert-OH is 2. The van der Waals surface area contributed by atoms with Crippen molar-refractivity contribution in [3.05, 3.63) is 12.2 Å². The Balaban J connectivity index is 3.42. The highest BCUT2D eigenvalue weighted by Gasteiger charge is 2.20. The summed E-state index contributed by atoms with van der Waals surface area (Å²) in [4.78, 5) is 12.5. The van der Waals surface area contributed by atoms with Crippen LogP contribution in [-0.4, -0.2) is 34.9 Å². The van der Waals surface area contributed by atoms with Gasteiger partial charge in [0.05, 0.1) is 18.8 Å². The summed E-state index contributed by atoms with van der Waals surface area (Å²) in [6.07, 6.45) is 70.6. The van der Waals surface area contributed by atoms with Crippen LogP contribution >= 0.6 is 0 Å². The minimum absolute atomic E-state index is 0.0250. The number of carbonyl (C=O) groups is 1. The third-order valence-electron chi connectivity index (χ3n) is 13.8. The third kappa shape index (κ3) is 50.1. The molecule has 0 saturated carbocycles. The first-order valence-corrected chi connectivity index (χ1v) is 28.9. The largest absolute Gasteiger partial charge is 0.394 e. The Hall–Kier alpha value is -0.870. The number of hydrogen-bond acceptors (Lipinski definition) is 3. The van der Waals surface area contributed by atoms with Crippen molar-refractivity contribution in [2.75, 3.05) is 6.61 Å². The highest BCUT2D eigenvalue weighted by molar-refractivity contribution is 5.76. The van der Waals surface area contributed by atoms with E-state index in [0.29, 0.717) is 12.8 Å². The quantitative estimate of drug-likeness (QED) is 0.0421. The van der Waals surface area contributed by atoms with Gasteiger partial charge < -0.3 is 15.5 Å². The summed E-state index contributed by atoms with van der Waals surface area (Å²) in [5.41, 5.74) is 0. The van der Waals surface area contributed by atoms with Crippen LogP contribution in [0, 0.1) is 0 Å². The van der Waals surface area contributed by atoms with Gasteiger partial charge in [-0.05, 0) is 38.5 Å². The zero-order valence-electron chi connectivity index (χ0n) is 42.7. The molecule has 0 saturated heterocycles. The lowest BCUT2D eigenvalue weighted by molar-refractivity contribution is -0.123. The smallest absolute Gasteiger partial charge is 0.220 e. The first-order chi connectivity index (χ1) is 30.7. The van der Waals surface area contributed by atoms with E-state index in [1.807, 2.05) is 0 Å². The molecule has 0 spiro atoms. The van der Waals surface area contributed by atoms with Crippen molar-refractivity contribution >= 4 is 5.91 Å². The van der Waals surface area contributed by atoms with Gasteiger partial charge >= 0.3 is 0 Å². The molecule has 370 valence electrons. The summed E-state index contributed by atoms with van der Waals surface area (Å²) in [6.45, 7) is 4.40. The number of carbonyl (C=O) groups excluding carboxylic acids is 1. The standard InChI is InChI=1S/C58H115NO3/c1-3-5-7-9-11-13-15-17-19-21-23-25-27-28-29-30-31-32-34-36-38-40-42-44-46-48-50-52-54-58(62)59-56(55-60)57(61)53-51-49-47-45-43-41-39-37-35-33-26-24-22-20-18-16-14-12-10-8-6-4-2/h28-29,56-57,60-61H,3-27,30-55H2,1-2H3,(H,59,62)/b29-28-. The molecule has 2 atom stereocenters. The van der Waals surface area contributed by atoms with E-state index in [0.717, 1.165) is 25.7 Å². The topological polar surface area (TPSA) is 69.6 Å². The maximum atomic E-state index is 12.5. The molecular formula is C58H115NO3. The molecule has 0 heterocycles. The lowest BCUT2D eigenvalue weighted by Gasteiger charge is -2.22. The van der Waals surface area contributed by atoms with E-state index in [2.05, 4.69) is 31.3 Å². The fourth-order valence-electron chi connectivity index (χ4n) is 9.36. The van der Waals surface area contributed by atoms with E-state index in [9.17, 15) is 15.0 Å². The average molecular weight is 875 g/mol. The van der Waals surface area contributed by atoms with Crippen LogP contribution in [0.2, 0.25) is 0 Å². The summed E-state index contributed by atoms with van der Waals surface area (Å²) < 4.78 is 0. The summed E-state index contributed by atoms with van der Waals surface area (Å²) >= 11 is 0. The molecule has 0 bridgehead atoms. The fraction of sp³-hybridized carbons (Fsp3) is 0.948. The Morgan fingerprint density at radius 3 is 0.887 bits per heavy atom. The van der Waals surface area contributed by atoms with Gasteiger partial charge in [0.1, 0.15) is 0 Å². The van der Waals surface area contributed by atoms with E-state index < -0.39 is 12.1 Å². The fourth-order valence-corrected chi connectivity index (χ4v) is 9.36. The molecule has 0 aromatic heterocycles. The predicted molar refractivity (Wildman–Crippen MR) is 276 cm³/mol. The summed E-state index contributed by atoms with van der Waals surface area (Å²) in [7, 11) is 0. The van der Waals surface area contributed by atoms with Crippen LogP contribution < -0.4 is 5.32 Å². The van der Waals surface area contributed by atoms with Crippen molar-refractivity contribution in [3.8, 4) is 0 Å². The van der Waals surface area contributed by atoms with Gasteiger partial charge in [-0.1, -0.05) is 302 Å². The number of aliphatic hydroxyl groups is 2. The Morgan fingerprint density at radius 2 is 0.613 bits per heavy atom. The Labute approximate surface area is 390 Å². The third-order valence-corrected chi connectivity index (χ3v) is 13.8. The van der Waals surface area contributed by atoms with Crippen LogP contribution in [-0.2, 0) is 4.79 Å². The number of amides is 1. The maximum Gasteiger partial charge on any atom is 0.220 e. The minimum atomic E-state index is -0.658. The second-order valence-electron chi connectivity index (χ2n) is 20.1. The van der Waals surface area contributed by atoms with Crippen LogP contribution in [0.1, 0.15) is 335 Å². The van der Waals surface area contributed by atoms with Gasteiger partial charge in [0, 0.05) is 6.42 Å². The zero-order chi connectivity index (χ0) is 44.9. The van der Waals surface area contributed by atoms with Crippen LogP contribution in [0.4, 0.5) is 0 Å². The highest BCUT2D eigenvalue weighted by atomic mass is 16.3. The van der Waals surface area contributed by atoms with Gasteiger partial charge in [0.15, 0.2) is 0 Å². The van der Waals surface area contributed by atoms with Crippen molar-refractivity contribution < 1.29 is 15.0 Å². The molecule has 0 rings (SSSR count). The summed E-state index contributed by atoms with van der Waals surface area (Å²) in [5.74, 6) is -0.0250. The molecule has 4 nitrogen and oxygen atoms in total. The van der Waals surface area contributed by atoms with E-state index in [-0.39, 0.29) is 12.5 Å². The van der Waals surface area contributed by atoms with E-state index in [1.165, 1.54) is 283 Å². The van der Waals surface area contributed by atoms with Gasteiger partial charge in [-0.3, -0.25) is 4.79 Å². The molecule has 2 unspecified atom stereocenters. The SMILES string of the molecule is CCCCCCCCCCCCCC/C=C\CCCCCCCCCCCCCCC(=O)NC(CO)C(O)CCCCCCCCCCCCCCCCCCCCCCCC. The monoisotopic (exact) mass is 874 g/mol. The average Bonchev–Trinajstić information content (AvgIpc) is 3.28. The molecule has 4 heteroatoms. The maximum absolute atomic E-state index is 12.5. The zero-order valence-corrected chi connectivity index (χ0v) is 42.7. The molecular weight excluding hydrogens is 759 g/mol. The van der Waals surface area contributed by atoms with Gasteiger partial charge in [-0.15, -0.1) is 0 Å². The number of unbranched alkanes of at least 4 members (excludes halogenated alkanes) is 45. The normalized spacial score (nSPS) is 12.8. The van der Waals surface area contributed by atoms with Crippen molar-refractivity contribution in [1.29, 1.82) is 0 Å². The van der Waals surface area contributed by atoms with E-state index >= 15 is 0 Å². The molecule has 0 aliphatic heterocycles. The number of allylic oxidation sites excluding steroid dienone is 2. The molecule has 0 radical (unpaired) electrons. The molecule has 1 amide bonds. The molecule has 0 aromatic carbocycles.